The van der Waals surface area contributed by atoms with Gasteiger partial charge in [-0.15, -0.1) is 11.3 Å². The summed E-state index contributed by atoms with van der Waals surface area (Å²) in [5.74, 6) is -0.431. The normalized spacial score (nSPS) is 11.6. The predicted molar refractivity (Wildman–Crippen MR) is 73.4 cm³/mol. The van der Waals surface area contributed by atoms with E-state index in [0.717, 1.165) is 10.8 Å². The van der Waals surface area contributed by atoms with Crippen LogP contribution >= 0.6 is 11.3 Å². The van der Waals surface area contributed by atoms with Crippen molar-refractivity contribution < 1.29 is 8.78 Å². The minimum Gasteiger partial charge on any atom is -0.205 e. The molecule has 3 aromatic rings. The van der Waals surface area contributed by atoms with E-state index >= 15 is 0 Å². The standard InChI is InChI=1S/C15H12F2S/c1-3-9-5-7-11-10-6-4-8(2)12(16)14(10)18-15(11)13(9)17/h4-7H,3H2,1-2H3. The number of fused-ring (bicyclic) bond motifs is 3. The summed E-state index contributed by atoms with van der Waals surface area (Å²) < 4.78 is 29.4. The number of rotatable bonds is 1. The zero-order chi connectivity index (χ0) is 12.9. The van der Waals surface area contributed by atoms with Crippen LogP contribution in [-0.4, -0.2) is 0 Å². The fourth-order valence-corrected chi connectivity index (χ4v) is 3.50. The molecule has 0 atom stereocenters. The van der Waals surface area contributed by atoms with E-state index in [-0.39, 0.29) is 11.6 Å². The Labute approximate surface area is 108 Å². The topological polar surface area (TPSA) is 0 Å². The molecule has 0 saturated carbocycles. The third-order valence-corrected chi connectivity index (χ3v) is 4.55. The maximum atomic E-state index is 14.2. The average Bonchev–Trinajstić information content (AvgIpc) is 2.75. The Morgan fingerprint density at radius 3 is 2.22 bits per heavy atom. The molecular formula is C15H12F2S. The Balaban J connectivity index is 2.50. The number of hydrogen-bond acceptors (Lipinski definition) is 1. The van der Waals surface area contributed by atoms with Crippen LogP contribution in [-0.2, 0) is 6.42 Å². The highest BCUT2D eigenvalue weighted by Crippen LogP contribution is 2.38. The van der Waals surface area contributed by atoms with Crippen LogP contribution in [0.25, 0.3) is 20.2 Å². The number of aryl methyl sites for hydroxylation is 2. The van der Waals surface area contributed by atoms with Gasteiger partial charge in [-0.05, 0) is 24.5 Å². The van der Waals surface area contributed by atoms with Crippen LogP contribution in [0.2, 0.25) is 0 Å². The van der Waals surface area contributed by atoms with Gasteiger partial charge in [0.25, 0.3) is 0 Å². The number of thiophene rings is 1. The molecule has 0 nitrogen and oxygen atoms in total. The molecule has 3 rings (SSSR count). The molecule has 0 bridgehead atoms. The summed E-state index contributed by atoms with van der Waals surface area (Å²) in [7, 11) is 0. The van der Waals surface area contributed by atoms with E-state index in [1.165, 1.54) is 11.3 Å². The van der Waals surface area contributed by atoms with Gasteiger partial charge in [0.15, 0.2) is 0 Å². The molecule has 0 saturated heterocycles. The van der Waals surface area contributed by atoms with Crippen LogP contribution in [0.4, 0.5) is 8.78 Å². The van der Waals surface area contributed by atoms with Crippen LogP contribution in [0.15, 0.2) is 24.3 Å². The zero-order valence-corrected chi connectivity index (χ0v) is 11.0. The first kappa shape index (κ1) is 11.6. The lowest BCUT2D eigenvalue weighted by molar-refractivity contribution is 0.626. The summed E-state index contributed by atoms with van der Waals surface area (Å²) in [4.78, 5) is 0. The molecule has 0 radical (unpaired) electrons. The second-order valence-electron chi connectivity index (χ2n) is 4.44. The van der Waals surface area contributed by atoms with Crippen molar-refractivity contribution in [2.45, 2.75) is 20.3 Å². The first-order valence-corrected chi connectivity index (χ1v) is 6.73. The smallest absolute Gasteiger partial charge is 0.144 e. The maximum Gasteiger partial charge on any atom is 0.144 e. The lowest BCUT2D eigenvalue weighted by Crippen LogP contribution is -1.86. The Kier molecular flexibility index (Phi) is 2.59. The molecule has 18 heavy (non-hydrogen) atoms. The zero-order valence-electron chi connectivity index (χ0n) is 10.2. The molecule has 1 heterocycles. The van der Waals surface area contributed by atoms with Crippen LogP contribution < -0.4 is 0 Å². The van der Waals surface area contributed by atoms with Crippen molar-refractivity contribution in [2.24, 2.45) is 0 Å². The molecule has 0 fully saturated rings. The molecule has 0 spiro atoms. The third-order valence-electron chi connectivity index (χ3n) is 3.34. The van der Waals surface area contributed by atoms with E-state index in [0.29, 0.717) is 26.9 Å². The Morgan fingerprint density at radius 1 is 0.944 bits per heavy atom. The lowest BCUT2D eigenvalue weighted by atomic mass is 10.1. The Bertz CT molecular complexity index is 756. The highest BCUT2D eigenvalue weighted by Gasteiger charge is 2.15. The lowest BCUT2D eigenvalue weighted by Gasteiger charge is -2.00. The Morgan fingerprint density at radius 2 is 1.56 bits per heavy atom. The van der Waals surface area contributed by atoms with Crippen molar-refractivity contribution in [3.05, 3.63) is 47.0 Å². The van der Waals surface area contributed by atoms with Gasteiger partial charge in [-0.1, -0.05) is 31.2 Å². The molecule has 3 heteroatoms. The van der Waals surface area contributed by atoms with E-state index in [2.05, 4.69) is 0 Å². The molecule has 0 N–H and O–H groups in total. The summed E-state index contributed by atoms with van der Waals surface area (Å²) in [6, 6.07) is 7.31. The van der Waals surface area contributed by atoms with E-state index < -0.39 is 0 Å². The van der Waals surface area contributed by atoms with Crippen LogP contribution in [0.1, 0.15) is 18.1 Å². The fourth-order valence-electron chi connectivity index (χ4n) is 2.25. The minimum absolute atomic E-state index is 0.201. The fraction of sp³-hybridized carbons (Fsp3) is 0.200. The number of halogens is 2. The van der Waals surface area contributed by atoms with Crippen molar-refractivity contribution in [3.8, 4) is 0 Å². The summed E-state index contributed by atoms with van der Waals surface area (Å²) >= 11 is 1.21. The largest absolute Gasteiger partial charge is 0.205 e. The molecule has 2 aromatic carbocycles. The third kappa shape index (κ3) is 1.47. The molecule has 0 unspecified atom stereocenters. The molecule has 92 valence electrons. The molecule has 0 aliphatic rings. The van der Waals surface area contributed by atoms with Gasteiger partial charge in [0.1, 0.15) is 11.6 Å². The monoisotopic (exact) mass is 262 g/mol. The molecule has 0 aliphatic carbocycles. The van der Waals surface area contributed by atoms with E-state index in [9.17, 15) is 8.78 Å². The number of benzene rings is 2. The summed E-state index contributed by atoms with van der Waals surface area (Å²) in [5.41, 5.74) is 1.29. The second-order valence-corrected chi connectivity index (χ2v) is 5.46. The van der Waals surface area contributed by atoms with Gasteiger partial charge in [-0.3, -0.25) is 0 Å². The highest BCUT2D eigenvalue weighted by atomic mass is 32.1. The van der Waals surface area contributed by atoms with E-state index in [1.807, 2.05) is 19.1 Å². The highest BCUT2D eigenvalue weighted by molar-refractivity contribution is 7.25. The van der Waals surface area contributed by atoms with Crippen molar-refractivity contribution >= 4 is 31.5 Å². The number of hydrogen-bond donors (Lipinski definition) is 0. The van der Waals surface area contributed by atoms with E-state index in [4.69, 9.17) is 0 Å². The first-order chi connectivity index (χ1) is 8.63. The van der Waals surface area contributed by atoms with Gasteiger partial charge >= 0.3 is 0 Å². The van der Waals surface area contributed by atoms with Gasteiger partial charge in [0.05, 0.1) is 9.40 Å². The maximum absolute atomic E-state index is 14.2. The second kappa shape index (κ2) is 4.02. The SMILES string of the molecule is CCc1ccc2c(sc3c(F)c(C)ccc32)c1F. The van der Waals surface area contributed by atoms with Crippen LogP contribution in [0, 0.1) is 18.6 Å². The van der Waals surface area contributed by atoms with Crippen LogP contribution in [0.3, 0.4) is 0 Å². The minimum atomic E-state index is -0.230. The molecule has 1 aromatic heterocycles. The summed E-state index contributed by atoms with van der Waals surface area (Å²) in [6.07, 6.45) is 0.650. The summed E-state index contributed by atoms with van der Waals surface area (Å²) in [5, 5.41) is 1.61. The van der Waals surface area contributed by atoms with Gasteiger partial charge in [0, 0.05) is 10.8 Å². The van der Waals surface area contributed by atoms with Gasteiger partial charge in [-0.25, -0.2) is 8.78 Å². The van der Waals surface area contributed by atoms with Gasteiger partial charge in [-0.2, -0.15) is 0 Å². The van der Waals surface area contributed by atoms with Crippen molar-refractivity contribution in [2.75, 3.05) is 0 Å². The van der Waals surface area contributed by atoms with Gasteiger partial charge < -0.3 is 0 Å². The predicted octanol–water partition coefficient (Wildman–Crippen LogP) is 5.20. The van der Waals surface area contributed by atoms with Crippen molar-refractivity contribution in [3.63, 3.8) is 0 Å². The van der Waals surface area contributed by atoms with Crippen molar-refractivity contribution in [1.82, 2.24) is 0 Å². The quantitative estimate of drug-likeness (QED) is 0.565. The van der Waals surface area contributed by atoms with Gasteiger partial charge in [0.2, 0.25) is 0 Å². The van der Waals surface area contributed by atoms with Crippen molar-refractivity contribution in [1.29, 1.82) is 0 Å². The van der Waals surface area contributed by atoms with E-state index in [1.54, 1.807) is 19.1 Å². The molecular weight excluding hydrogens is 250 g/mol. The first-order valence-electron chi connectivity index (χ1n) is 5.92. The molecule has 0 aliphatic heterocycles. The summed E-state index contributed by atoms with van der Waals surface area (Å²) in [6.45, 7) is 3.65. The van der Waals surface area contributed by atoms with Crippen LogP contribution in [0.5, 0.6) is 0 Å². The Hall–Kier alpha value is -1.48. The molecule has 0 amide bonds. The average molecular weight is 262 g/mol.